The zero-order valence-electron chi connectivity index (χ0n) is 10.2. The van der Waals surface area contributed by atoms with Crippen LogP contribution < -0.4 is 4.90 Å². The van der Waals surface area contributed by atoms with Crippen molar-refractivity contribution >= 4 is 5.69 Å². The molecule has 2 rings (SSSR count). The molecule has 1 N–H and O–H groups in total. The number of halogens is 1. The van der Waals surface area contributed by atoms with Crippen molar-refractivity contribution in [2.45, 2.75) is 25.6 Å². The second-order valence-electron chi connectivity index (χ2n) is 4.47. The van der Waals surface area contributed by atoms with Crippen LogP contribution in [0.15, 0.2) is 18.2 Å². The predicted molar refractivity (Wildman–Crippen MR) is 64.7 cm³/mol. The van der Waals surface area contributed by atoms with Gasteiger partial charge in [-0.1, -0.05) is 0 Å². The smallest absolute Gasteiger partial charge is 0.123 e. The summed E-state index contributed by atoms with van der Waals surface area (Å²) < 4.78 is 18.5. The Kier molecular flexibility index (Phi) is 3.64. The molecule has 0 spiro atoms. The van der Waals surface area contributed by atoms with E-state index in [0.29, 0.717) is 5.56 Å². The third-order valence-electron chi connectivity index (χ3n) is 3.26. The third-order valence-corrected chi connectivity index (χ3v) is 3.26. The highest BCUT2D eigenvalue weighted by Crippen LogP contribution is 2.30. The summed E-state index contributed by atoms with van der Waals surface area (Å²) in [4.78, 5) is 2.13. The average molecular weight is 239 g/mol. The van der Waals surface area contributed by atoms with Gasteiger partial charge in [0, 0.05) is 31.5 Å². The number of hydrogen-bond acceptors (Lipinski definition) is 3. The van der Waals surface area contributed by atoms with Crippen LogP contribution in [0.5, 0.6) is 0 Å². The molecule has 4 heteroatoms. The highest BCUT2D eigenvalue weighted by Gasteiger charge is 2.24. The Morgan fingerprint density at radius 2 is 2.29 bits per heavy atom. The lowest BCUT2D eigenvalue weighted by Gasteiger charge is -2.23. The minimum Gasteiger partial charge on any atom is -0.389 e. The Bertz CT molecular complexity index is 395. The maximum absolute atomic E-state index is 13.2. The second-order valence-corrected chi connectivity index (χ2v) is 4.47. The van der Waals surface area contributed by atoms with E-state index >= 15 is 0 Å². The summed E-state index contributed by atoms with van der Waals surface area (Å²) in [6.07, 6.45) is 0.525. The second kappa shape index (κ2) is 5.02. The van der Waals surface area contributed by atoms with Crippen LogP contribution in [0.2, 0.25) is 0 Å². The summed E-state index contributed by atoms with van der Waals surface area (Å²) in [5.41, 5.74) is 1.54. The first-order valence-corrected chi connectivity index (χ1v) is 5.87. The fraction of sp³-hybridized carbons (Fsp3) is 0.538. The molecular weight excluding hydrogens is 221 g/mol. The number of anilines is 1. The first kappa shape index (κ1) is 12.3. The van der Waals surface area contributed by atoms with Crippen LogP contribution in [-0.2, 0) is 4.74 Å². The molecule has 0 aromatic heterocycles. The van der Waals surface area contributed by atoms with Gasteiger partial charge < -0.3 is 14.7 Å². The first-order valence-electron chi connectivity index (χ1n) is 5.87. The lowest BCUT2D eigenvalue weighted by Crippen LogP contribution is -2.23. The number of rotatable bonds is 3. The van der Waals surface area contributed by atoms with Crippen molar-refractivity contribution in [2.24, 2.45) is 0 Å². The Labute approximate surface area is 101 Å². The highest BCUT2D eigenvalue weighted by atomic mass is 19.1. The van der Waals surface area contributed by atoms with Crippen LogP contribution >= 0.6 is 0 Å². The van der Waals surface area contributed by atoms with Crippen molar-refractivity contribution in [2.75, 3.05) is 25.1 Å². The van der Waals surface area contributed by atoms with Crippen LogP contribution in [0.3, 0.4) is 0 Å². The molecule has 17 heavy (non-hydrogen) atoms. The van der Waals surface area contributed by atoms with Crippen LogP contribution in [0, 0.1) is 5.82 Å². The number of aliphatic hydroxyl groups is 1. The van der Waals surface area contributed by atoms with E-state index in [1.54, 1.807) is 20.1 Å². The van der Waals surface area contributed by atoms with Gasteiger partial charge in [-0.05, 0) is 31.5 Å². The summed E-state index contributed by atoms with van der Waals surface area (Å²) in [7, 11) is 1.70. The maximum Gasteiger partial charge on any atom is 0.123 e. The summed E-state index contributed by atoms with van der Waals surface area (Å²) in [6, 6.07) is 4.57. The maximum atomic E-state index is 13.2. The Hall–Kier alpha value is -1.13. The molecule has 94 valence electrons. The van der Waals surface area contributed by atoms with Crippen molar-refractivity contribution in [3.8, 4) is 0 Å². The zero-order chi connectivity index (χ0) is 12.4. The SMILES string of the molecule is COC1CCN(c2ccc(F)cc2C(C)O)C1. The normalized spacial score (nSPS) is 21.9. The molecule has 1 aromatic carbocycles. The van der Waals surface area contributed by atoms with Crippen molar-refractivity contribution in [3.63, 3.8) is 0 Å². The Balaban J connectivity index is 2.26. The van der Waals surface area contributed by atoms with Crippen LogP contribution in [0.4, 0.5) is 10.1 Å². The molecule has 2 unspecified atom stereocenters. The molecule has 1 fully saturated rings. The molecular formula is C13H18FNO2. The number of nitrogens with zero attached hydrogens (tertiary/aromatic N) is 1. The van der Waals surface area contributed by atoms with E-state index in [1.165, 1.54) is 12.1 Å². The standard InChI is InChI=1S/C13H18FNO2/c1-9(16)12-7-10(14)3-4-13(12)15-6-5-11(8-15)17-2/h3-4,7,9,11,16H,5-6,8H2,1-2H3. The van der Waals surface area contributed by atoms with Gasteiger partial charge in [-0.2, -0.15) is 0 Å². The lowest BCUT2D eigenvalue weighted by molar-refractivity contribution is 0.121. The van der Waals surface area contributed by atoms with Gasteiger partial charge >= 0.3 is 0 Å². The van der Waals surface area contributed by atoms with Gasteiger partial charge in [-0.15, -0.1) is 0 Å². The summed E-state index contributed by atoms with van der Waals surface area (Å²) in [5, 5.41) is 9.69. The number of hydrogen-bond donors (Lipinski definition) is 1. The van der Waals surface area contributed by atoms with E-state index < -0.39 is 6.10 Å². The van der Waals surface area contributed by atoms with Gasteiger partial charge in [0.2, 0.25) is 0 Å². The van der Waals surface area contributed by atoms with E-state index in [-0.39, 0.29) is 11.9 Å². The first-order chi connectivity index (χ1) is 8.11. The van der Waals surface area contributed by atoms with Gasteiger partial charge in [0.05, 0.1) is 12.2 Å². The van der Waals surface area contributed by atoms with Crippen molar-refractivity contribution in [1.29, 1.82) is 0 Å². The predicted octanol–water partition coefficient (Wildman–Crippen LogP) is 2.10. The average Bonchev–Trinajstić information content (AvgIpc) is 2.77. The van der Waals surface area contributed by atoms with Crippen LogP contribution in [0.25, 0.3) is 0 Å². The number of methoxy groups -OCH3 is 1. The monoisotopic (exact) mass is 239 g/mol. The van der Waals surface area contributed by atoms with Gasteiger partial charge in [0.25, 0.3) is 0 Å². The topological polar surface area (TPSA) is 32.7 Å². The van der Waals surface area contributed by atoms with Gasteiger partial charge in [-0.3, -0.25) is 0 Å². The van der Waals surface area contributed by atoms with Crippen molar-refractivity contribution in [3.05, 3.63) is 29.6 Å². The van der Waals surface area contributed by atoms with Crippen LogP contribution in [-0.4, -0.2) is 31.4 Å². The van der Waals surface area contributed by atoms with Crippen molar-refractivity contribution < 1.29 is 14.2 Å². The number of aliphatic hydroxyl groups excluding tert-OH is 1. The molecule has 0 saturated carbocycles. The van der Waals surface area contributed by atoms with E-state index in [4.69, 9.17) is 4.74 Å². The van der Waals surface area contributed by atoms with E-state index in [9.17, 15) is 9.50 Å². The lowest BCUT2D eigenvalue weighted by atomic mass is 10.1. The number of ether oxygens (including phenoxy) is 1. The van der Waals surface area contributed by atoms with E-state index in [1.807, 2.05) is 0 Å². The molecule has 0 amide bonds. The summed E-state index contributed by atoms with van der Waals surface area (Å²) in [5.74, 6) is -0.313. The molecule has 0 bridgehead atoms. The van der Waals surface area contributed by atoms with E-state index in [2.05, 4.69) is 4.90 Å². The molecule has 1 aromatic rings. The Morgan fingerprint density at radius 1 is 1.53 bits per heavy atom. The zero-order valence-corrected chi connectivity index (χ0v) is 10.2. The molecule has 0 radical (unpaired) electrons. The highest BCUT2D eigenvalue weighted by molar-refractivity contribution is 5.55. The fourth-order valence-electron chi connectivity index (χ4n) is 2.29. The quantitative estimate of drug-likeness (QED) is 0.876. The Morgan fingerprint density at radius 3 is 2.88 bits per heavy atom. The molecule has 1 saturated heterocycles. The molecule has 1 heterocycles. The fourth-order valence-corrected chi connectivity index (χ4v) is 2.29. The van der Waals surface area contributed by atoms with Crippen LogP contribution in [0.1, 0.15) is 25.0 Å². The molecule has 1 aliphatic heterocycles. The molecule has 0 aliphatic carbocycles. The number of benzene rings is 1. The third kappa shape index (κ3) is 2.58. The minimum absolute atomic E-state index is 0.224. The summed E-state index contributed by atoms with van der Waals surface area (Å²) in [6.45, 7) is 3.33. The molecule has 3 nitrogen and oxygen atoms in total. The van der Waals surface area contributed by atoms with Crippen molar-refractivity contribution in [1.82, 2.24) is 0 Å². The minimum atomic E-state index is -0.665. The molecule has 2 atom stereocenters. The van der Waals surface area contributed by atoms with Gasteiger partial charge in [0.1, 0.15) is 5.82 Å². The summed E-state index contributed by atoms with van der Waals surface area (Å²) >= 11 is 0. The largest absolute Gasteiger partial charge is 0.389 e. The molecule has 1 aliphatic rings. The van der Waals surface area contributed by atoms with Gasteiger partial charge in [0.15, 0.2) is 0 Å². The van der Waals surface area contributed by atoms with E-state index in [0.717, 1.165) is 25.2 Å². The van der Waals surface area contributed by atoms with Gasteiger partial charge in [-0.25, -0.2) is 4.39 Å².